The average molecular weight is 316 g/mol. The summed E-state index contributed by atoms with van der Waals surface area (Å²) in [6.07, 6.45) is 1.51. The first-order valence-corrected chi connectivity index (χ1v) is 6.75. The molecule has 0 bridgehead atoms. The standard InChI is InChI=1S/C16H17FN4O2/c1-22-15-7-2-11(9-20-21-16(18)19)8-12(15)10-23-14-5-3-13(17)4-6-14/h2-9H,10H2,1H3,(H4,18,19,21). The maximum absolute atomic E-state index is 12.9. The minimum absolute atomic E-state index is 0.116. The zero-order valence-corrected chi connectivity index (χ0v) is 12.6. The Hall–Kier alpha value is -3.09. The second-order valence-corrected chi connectivity index (χ2v) is 4.58. The normalized spacial score (nSPS) is 10.5. The summed E-state index contributed by atoms with van der Waals surface area (Å²) < 4.78 is 23.8. The van der Waals surface area contributed by atoms with Gasteiger partial charge in [-0.2, -0.15) is 5.10 Å². The summed E-state index contributed by atoms with van der Waals surface area (Å²) in [5.41, 5.74) is 12.0. The molecule has 0 heterocycles. The van der Waals surface area contributed by atoms with Crippen LogP contribution in [0.5, 0.6) is 11.5 Å². The van der Waals surface area contributed by atoms with Gasteiger partial charge in [-0.05, 0) is 48.0 Å². The van der Waals surface area contributed by atoms with Crippen LogP contribution >= 0.6 is 0 Å². The fraction of sp³-hybridized carbons (Fsp3) is 0.125. The Morgan fingerprint density at radius 2 is 1.91 bits per heavy atom. The molecule has 2 aromatic carbocycles. The molecule has 0 spiro atoms. The van der Waals surface area contributed by atoms with Gasteiger partial charge in [0.15, 0.2) is 0 Å². The molecule has 0 aliphatic rings. The molecule has 0 amide bonds. The van der Waals surface area contributed by atoms with Gasteiger partial charge in [-0.15, -0.1) is 5.10 Å². The smallest absolute Gasteiger partial charge is 0.211 e. The van der Waals surface area contributed by atoms with E-state index in [0.29, 0.717) is 11.5 Å². The van der Waals surface area contributed by atoms with Crippen molar-refractivity contribution in [2.45, 2.75) is 6.61 Å². The van der Waals surface area contributed by atoms with Gasteiger partial charge in [0.25, 0.3) is 0 Å². The first kappa shape index (κ1) is 16.3. The molecule has 0 aromatic heterocycles. The van der Waals surface area contributed by atoms with Crippen LogP contribution in [-0.4, -0.2) is 19.3 Å². The topological polar surface area (TPSA) is 95.2 Å². The zero-order chi connectivity index (χ0) is 16.7. The molecule has 0 atom stereocenters. The van der Waals surface area contributed by atoms with E-state index in [1.807, 2.05) is 12.1 Å². The van der Waals surface area contributed by atoms with Gasteiger partial charge in [-0.25, -0.2) is 4.39 Å². The molecule has 120 valence electrons. The third-order valence-corrected chi connectivity index (χ3v) is 2.89. The molecule has 2 aromatic rings. The summed E-state index contributed by atoms with van der Waals surface area (Å²) in [6.45, 7) is 0.263. The molecule has 0 unspecified atom stereocenters. The van der Waals surface area contributed by atoms with Crippen LogP contribution in [0, 0.1) is 5.82 Å². The fourth-order valence-electron chi connectivity index (χ4n) is 1.85. The maximum Gasteiger partial charge on any atom is 0.211 e. The molecule has 7 heteroatoms. The van der Waals surface area contributed by atoms with Gasteiger partial charge in [0.1, 0.15) is 23.9 Å². The van der Waals surface area contributed by atoms with E-state index in [1.54, 1.807) is 25.3 Å². The van der Waals surface area contributed by atoms with E-state index >= 15 is 0 Å². The van der Waals surface area contributed by atoms with Crippen LogP contribution in [0.4, 0.5) is 4.39 Å². The summed E-state index contributed by atoms with van der Waals surface area (Å²) in [7, 11) is 1.57. The monoisotopic (exact) mass is 316 g/mol. The number of halogens is 1. The van der Waals surface area contributed by atoms with Gasteiger partial charge in [-0.1, -0.05) is 0 Å². The lowest BCUT2D eigenvalue weighted by atomic mass is 10.1. The molecule has 0 aliphatic heterocycles. The summed E-state index contributed by atoms with van der Waals surface area (Å²) >= 11 is 0. The third kappa shape index (κ3) is 4.99. The number of methoxy groups -OCH3 is 1. The van der Waals surface area contributed by atoms with Gasteiger partial charge in [0.2, 0.25) is 5.96 Å². The minimum atomic E-state index is -0.312. The van der Waals surface area contributed by atoms with Crippen molar-refractivity contribution in [1.82, 2.24) is 0 Å². The molecule has 23 heavy (non-hydrogen) atoms. The molecular formula is C16H17FN4O2. The van der Waals surface area contributed by atoms with Crippen LogP contribution < -0.4 is 20.9 Å². The predicted octanol–water partition coefficient (Wildman–Crippen LogP) is 2.02. The Kier molecular flexibility index (Phi) is 5.51. The lowest BCUT2D eigenvalue weighted by molar-refractivity contribution is 0.296. The van der Waals surface area contributed by atoms with E-state index in [0.717, 1.165) is 11.1 Å². The largest absolute Gasteiger partial charge is 0.496 e. The third-order valence-electron chi connectivity index (χ3n) is 2.89. The number of hydrogen-bond donors (Lipinski definition) is 2. The number of benzene rings is 2. The van der Waals surface area contributed by atoms with Crippen molar-refractivity contribution in [3.8, 4) is 11.5 Å². The number of guanidine groups is 1. The number of hydrogen-bond acceptors (Lipinski definition) is 4. The van der Waals surface area contributed by atoms with E-state index in [4.69, 9.17) is 20.9 Å². The second-order valence-electron chi connectivity index (χ2n) is 4.58. The van der Waals surface area contributed by atoms with Gasteiger partial charge in [0, 0.05) is 5.56 Å². The number of ether oxygens (including phenoxy) is 2. The van der Waals surface area contributed by atoms with Crippen molar-refractivity contribution in [2.75, 3.05) is 7.11 Å². The van der Waals surface area contributed by atoms with Crippen LogP contribution in [0.25, 0.3) is 0 Å². The SMILES string of the molecule is COc1ccc(C=NN=C(N)N)cc1COc1ccc(F)cc1. The fourth-order valence-corrected chi connectivity index (χ4v) is 1.85. The van der Waals surface area contributed by atoms with Crippen LogP contribution in [0.3, 0.4) is 0 Å². The van der Waals surface area contributed by atoms with Crippen molar-refractivity contribution in [3.05, 3.63) is 59.4 Å². The Morgan fingerprint density at radius 3 is 2.57 bits per heavy atom. The summed E-state index contributed by atoms with van der Waals surface area (Å²) in [5, 5.41) is 7.29. The Balaban J connectivity index is 2.13. The van der Waals surface area contributed by atoms with E-state index in [1.165, 1.54) is 18.3 Å². The molecule has 0 radical (unpaired) electrons. The predicted molar refractivity (Wildman–Crippen MR) is 87.1 cm³/mol. The van der Waals surface area contributed by atoms with E-state index in [-0.39, 0.29) is 18.4 Å². The van der Waals surface area contributed by atoms with E-state index < -0.39 is 0 Å². The van der Waals surface area contributed by atoms with Crippen LogP contribution in [0.15, 0.2) is 52.7 Å². The second kappa shape index (κ2) is 7.79. The quantitative estimate of drug-likeness (QED) is 0.484. The highest BCUT2D eigenvalue weighted by Crippen LogP contribution is 2.22. The zero-order valence-electron chi connectivity index (χ0n) is 12.6. The lowest BCUT2D eigenvalue weighted by Crippen LogP contribution is -2.21. The van der Waals surface area contributed by atoms with Crippen LogP contribution in [0.2, 0.25) is 0 Å². The van der Waals surface area contributed by atoms with Crippen molar-refractivity contribution in [2.24, 2.45) is 21.7 Å². The van der Waals surface area contributed by atoms with E-state index in [2.05, 4.69) is 10.2 Å². The first-order valence-electron chi connectivity index (χ1n) is 6.75. The Bertz CT molecular complexity index is 711. The molecule has 2 rings (SSSR count). The average Bonchev–Trinajstić information content (AvgIpc) is 2.54. The number of nitrogens with zero attached hydrogens (tertiary/aromatic N) is 2. The van der Waals surface area contributed by atoms with Crippen molar-refractivity contribution < 1.29 is 13.9 Å². The van der Waals surface area contributed by atoms with Crippen LogP contribution in [-0.2, 0) is 6.61 Å². The van der Waals surface area contributed by atoms with Crippen molar-refractivity contribution in [1.29, 1.82) is 0 Å². The highest BCUT2D eigenvalue weighted by Gasteiger charge is 2.05. The Labute approximate surface area is 133 Å². The highest BCUT2D eigenvalue weighted by atomic mass is 19.1. The molecular weight excluding hydrogens is 299 g/mol. The number of nitrogens with two attached hydrogens (primary N) is 2. The highest BCUT2D eigenvalue weighted by molar-refractivity contribution is 5.82. The molecule has 0 aliphatic carbocycles. The van der Waals surface area contributed by atoms with Gasteiger partial charge >= 0.3 is 0 Å². The summed E-state index contributed by atoms with van der Waals surface area (Å²) in [6, 6.07) is 11.2. The molecule has 0 saturated heterocycles. The first-order chi connectivity index (χ1) is 11.1. The number of rotatable bonds is 6. The molecule has 6 nitrogen and oxygen atoms in total. The molecule has 0 fully saturated rings. The minimum Gasteiger partial charge on any atom is -0.496 e. The maximum atomic E-state index is 12.9. The van der Waals surface area contributed by atoms with Crippen LogP contribution in [0.1, 0.15) is 11.1 Å². The van der Waals surface area contributed by atoms with Crippen molar-refractivity contribution in [3.63, 3.8) is 0 Å². The lowest BCUT2D eigenvalue weighted by Gasteiger charge is -2.11. The Morgan fingerprint density at radius 1 is 1.17 bits per heavy atom. The van der Waals surface area contributed by atoms with Crippen molar-refractivity contribution >= 4 is 12.2 Å². The van der Waals surface area contributed by atoms with E-state index in [9.17, 15) is 4.39 Å². The summed E-state index contributed by atoms with van der Waals surface area (Å²) in [5.74, 6) is 0.807. The summed E-state index contributed by atoms with van der Waals surface area (Å²) in [4.78, 5) is 0. The van der Waals surface area contributed by atoms with Gasteiger partial charge in [0.05, 0.1) is 13.3 Å². The molecule has 4 N–H and O–H groups in total. The van der Waals surface area contributed by atoms with Gasteiger partial charge in [-0.3, -0.25) is 0 Å². The molecule has 0 saturated carbocycles. The van der Waals surface area contributed by atoms with Gasteiger partial charge < -0.3 is 20.9 Å².